The van der Waals surface area contributed by atoms with Crippen LogP contribution in [-0.4, -0.2) is 58.5 Å². The second kappa shape index (κ2) is 5.69. The van der Waals surface area contributed by atoms with E-state index >= 15 is 0 Å². The number of amides is 2. The van der Waals surface area contributed by atoms with Gasteiger partial charge in [0.15, 0.2) is 0 Å². The first kappa shape index (κ1) is 13.3. The lowest BCUT2D eigenvalue weighted by molar-refractivity contribution is -0.159. The summed E-state index contributed by atoms with van der Waals surface area (Å²) in [6.07, 6.45) is 3.81. The first-order chi connectivity index (χ1) is 8.63. The molecule has 0 aromatic rings. The summed E-state index contributed by atoms with van der Waals surface area (Å²) in [4.78, 5) is 27.5. The van der Waals surface area contributed by atoms with Gasteiger partial charge in [-0.05, 0) is 25.7 Å². The van der Waals surface area contributed by atoms with Crippen LogP contribution in [0.15, 0.2) is 0 Å². The van der Waals surface area contributed by atoms with Crippen molar-refractivity contribution < 1.29 is 14.7 Å². The van der Waals surface area contributed by atoms with E-state index in [0.29, 0.717) is 19.5 Å². The summed E-state index contributed by atoms with van der Waals surface area (Å²) in [5.74, 6) is 0.0486. The molecule has 0 aliphatic carbocycles. The zero-order valence-corrected chi connectivity index (χ0v) is 11.0. The normalized spacial score (nSPS) is 26.2. The minimum Gasteiger partial charge on any atom is -0.391 e. The lowest BCUT2D eigenvalue weighted by Gasteiger charge is -2.43. The van der Waals surface area contributed by atoms with Gasteiger partial charge in [0.1, 0.15) is 6.04 Å². The van der Waals surface area contributed by atoms with Crippen LogP contribution in [0.4, 0.5) is 0 Å². The van der Waals surface area contributed by atoms with E-state index in [2.05, 4.69) is 0 Å². The molecule has 2 atom stereocenters. The van der Waals surface area contributed by atoms with Crippen LogP contribution >= 0.6 is 0 Å². The lowest BCUT2D eigenvalue weighted by atomic mass is 9.98. The highest BCUT2D eigenvalue weighted by Crippen LogP contribution is 2.23. The Bertz CT molecular complexity index is 332. The molecule has 0 radical (unpaired) electrons. The van der Waals surface area contributed by atoms with Crippen LogP contribution in [0.2, 0.25) is 0 Å². The van der Waals surface area contributed by atoms with Gasteiger partial charge in [-0.15, -0.1) is 0 Å². The number of rotatable bonds is 4. The third kappa shape index (κ3) is 2.66. The number of aliphatic hydroxyl groups is 1. The van der Waals surface area contributed by atoms with Gasteiger partial charge in [0.2, 0.25) is 11.8 Å². The highest BCUT2D eigenvalue weighted by atomic mass is 16.3. The number of hydrogen-bond donors (Lipinski definition) is 1. The zero-order valence-electron chi connectivity index (χ0n) is 11.0. The largest absolute Gasteiger partial charge is 0.391 e. The average molecular weight is 254 g/mol. The van der Waals surface area contributed by atoms with Crippen molar-refractivity contribution in [1.29, 1.82) is 0 Å². The maximum absolute atomic E-state index is 12.3. The van der Waals surface area contributed by atoms with Crippen molar-refractivity contribution in [2.24, 2.45) is 0 Å². The number of β-amino-alcohol motifs (C(OH)–C–C–N with tert-alkyl or cyclic N) is 1. The molecule has 0 aromatic heterocycles. The molecule has 5 heteroatoms. The van der Waals surface area contributed by atoms with Gasteiger partial charge in [-0.2, -0.15) is 0 Å². The van der Waals surface area contributed by atoms with Crippen LogP contribution in [0, 0.1) is 0 Å². The Hall–Kier alpha value is -1.10. The molecule has 2 aliphatic heterocycles. The van der Waals surface area contributed by atoms with E-state index in [0.717, 1.165) is 25.7 Å². The number of hydrogen-bond acceptors (Lipinski definition) is 3. The molecule has 18 heavy (non-hydrogen) atoms. The molecule has 2 unspecified atom stereocenters. The first-order valence-electron chi connectivity index (χ1n) is 6.89. The Labute approximate surface area is 108 Å². The molecule has 102 valence electrons. The molecule has 5 nitrogen and oxygen atoms in total. The SMILES string of the molecule is CCCC(O)CN1CC(=O)N2CCCCC2C1=O. The Balaban J connectivity index is 2.00. The molecule has 2 aliphatic rings. The van der Waals surface area contributed by atoms with Gasteiger partial charge >= 0.3 is 0 Å². The van der Waals surface area contributed by atoms with Gasteiger partial charge < -0.3 is 14.9 Å². The third-order valence-corrected chi connectivity index (χ3v) is 3.80. The number of fused-ring (bicyclic) bond motifs is 1. The third-order valence-electron chi connectivity index (χ3n) is 3.80. The Kier molecular flexibility index (Phi) is 4.22. The van der Waals surface area contributed by atoms with E-state index in [1.165, 1.54) is 4.90 Å². The summed E-state index contributed by atoms with van der Waals surface area (Å²) in [7, 11) is 0. The Morgan fingerprint density at radius 1 is 1.39 bits per heavy atom. The second-order valence-electron chi connectivity index (χ2n) is 5.26. The van der Waals surface area contributed by atoms with Crippen LogP contribution in [-0.2, 0) is 9.59 Å². The topological polar surface area (TPSA) is 60.9 Å². The predicted molar refractivity (Wildman–Crippen MR) is 66.8 cm³/mol. The van der Waals surface area contributed by atoms with Crippen LogP contribution < -0.4 is 0 Å². The number of carbonyl (C=O) groups excluding carboxylic acids is 2. The fraction of sp³-hybridized carbons (Fsp3) is 0.846. The van der Waals surface area contributed by atoms with Crippen molar-refractivity contribution in [3.8, 4) is 0 Å². The number of piperidine rings is 1. The molecular formula is C13H22N2O3. The van der Waals surface area contributed by atoms with Gasteiger partial charge in [-0.3, -0.25) is 9.59 Å². The van der Waals surface area contributed by atoms with E-state index in [1.807, 2.05) is 6.92 Å². The van der Waals surface area contributed by atoms with Crippen LogP contribution in [0.5, 0.6) is 0 Å². The van der Waals surface area contributed by atoms with Gasteiger partial charge in [0, 0.05) is 13.1 Å². The minimum absolute atomic E-state index is 0.0180. The monoisotopic (exact) mass is 254 g/mol. The summed E-state index contributed by atoms with van der Waals surface area (Å²) in [5, 5.41) is 9.78. The predicted octanol–water partition coefficient (Wildman–Crippen LogP) is 0.371. The van der Waals surface area contributed by atoms with Crippen molar-refractivity contribution >= 4 is 11.8 Å². The molecule has 2 rings (SSSR count). The van der Waals surface area contributed by atoms with Crippen molar-refractivity contribution in [3.63, 3.8) is 0 Å². The number of carbonyl (C=O) groups is 2. The molecule has 0 saturated carbocycles. The minimum atomic E-state index is -0.512. The molecule has 2 amide bonds. The summed E-state index contributed by atoms with van der Waals surface area (Å²) >= 11 is 0. The molecule has 1 N–H and O–H groups in total. The van der Waals surface area contributed by atoms with Crippen LogP contribution in [0.1, 0.15) is 39.0 Å². The number of aliphatic hydroxyl groups excluding tert-OH is 1. The summed E-state index contributed by atoms with van der Waals surface area (Å²) in [6.45, 7) is 3.13. The smallest absolute Gasteiger partial charge is 0.245 e. The van der Waals surface area contributed by atoms with Crippen LogP contribution in [0.3, 0.4) is 0 Å². The van der Waals surface area contributed by atoms with Crippen molar-refractivity contribution in [2.45, 2.75) is 51.2 Å². The van der Waals surface area contributed by atoms with Gasteiger partial charge in [0.25, 0.3) is 0 Å². The summed E-state index contributed by atoms with van der Waals surface area (Å²) < 4.78 is 0. The van der Waals surface area contributed by atoms with E-state index in [-0.39, 0.29) is 24.4 Å². The highest BCUT2D eigenvalue weighted by Gasteiger charge is 2.40. The fourth-order valence-corrected chi connectivity index (χ4v) is 2.86. The van der Waals surface area contributed by atoms with E-state index in [1.54, 1.807) is 4.90 Å². The van der Waals surface area contributed by atoms with Gasteiger partial charge in [-0.25, -0.2) is 0 Å². The first-order valence-corrected chi connectivity index (χ1v) is 6.89. The van der Waals surface area contributed by atoms with Crippen LogP contribution in [0.25, 0.3) is 0 Å². The Morgan fingerprint density at radius 2 is 2.17 bits per heavy atom. The molecule has 2 saturated heterocycles. The zero-order chi connectivity index (χ0) is 13.1. The molecular weight excluding hydrogens is 232 g/mol. The fourth-order valence-electron chi connectivity index (χ4n) is 2.86. The average Bonchev–Trinajstić information content (AvgIpc) is 2.36. The standard InChI is InChI=1S/C13H22N2O3/c1-2-5-10(16)8-14-9-12(17)15-7-4-3-6-11(15)13(14)18/h10-11,16H,2-9H2,1H3. The van der Waals surface area contributed by atoms with Gasteiger partial charge in [0.05, 0.1) is 12.6 Å². The van der Waals surface area contributed by atoms with Crippen molar-refractivity contribution in [1.82, 2.24) is 9.80 Å². The molecule has 2 heterocycles. The lowest BCUT2D eigenvalue weighted by Crippen LogP contribution is -2.62. The Morgan fingerprint density at radius 3 is 2.89 bits per heavy atom. The van der Waals surface area contributed by atoms with Crippen molar-refractivity contribution in [2.75, 3.05) is 19.6 Å². The maximum atomic E-state index is 12.3. The van der Waals surface area contributed by atoms with E-state index in [4.69, 9.17) is 0 Å². The molecule has 0 spiro atoms. The van der Waals surface area contributed by atoms with Crippen molar-refractivity contribution in [3.05, 3.63) is 0 Å². The summed E-state index contributed by atoms with van der Waals surface area (Å²) in [5.41, 5.74) is 0. The molecule has 2 fully saturated rings. The van der Waals surface area contributed by atoms with Gasteiger partial charge in [-0.1, -0.05) is 13.3 Å². The molecule has 0 aromatic carbocycles. The maximum Gasteiger partial charge on any atom is 0.245 e. The second-order valence-corrected chi connectivity index (χ2v) is 5.26. The molecule has 0 bridgehead atoms. The number of nitrogens with zero attached hydrogens (tertiary/aromatic N) is 2. The summed E-state index contributed by atoms with van der Waals surface area (Å²) in [6, 6.07) is -0.270. The number of piperazine rings is 1. The highest BCUT2D eigenvalue weighted by molar-refractivity contribution is 5.95. The van der Waals surface area contributed by atoms with E-state index < -0.39 is 6.10 Å². The van der Waals surface area contributed by atoms with E-state index in [9.17, 15) is 14.7 Å². The quantitative estimate of drug-likeness (QED) is 0.788.